The summed E-state index contributed by atoms with van der Waals surface area (Å²) in [6, 6.07) is 25.3. The lowest BCUT2D eigenvalue weighted by molar-refractivity contribution is 0.0611. The van der Waals surface area contributed by atoms with Crippen LogP contribution in [-0.2, 0) is 13.0 Å². The smallest absolute Gasteiger partial charge is 0.336 e. The predicted octanol–water partition coefficient (Wildman–Crippen LogP) is 6.29. The van der Waals surface area contributed by atoms with Gasteiger partial charge < -0.3 is 25.0 Å². The van der Waals surface area contributed by atoms with Crippen molar-refractivity contribution in [2.75, 3.05) is 0 Å². The van der Waals surface area contributed by atoms with E-state index in [4.69, 9.17) is 4.74 Å². The quantitative estimate of drug-likeness (QED) is 0.215. The molecule has 1 aliphatic carbocycles. The Hall–Kier alpha value is -5.44. The molecule has 0 heterocycles. The van der Waals surface area contributed by atoms with Gasteiger partial charge in [-0.3, -0.25) is 4.79 Å². The fourth-order valence-electron chi connectivity index (χ4n) is 5.37. The maximum absolute atomic E-state index is 14.3. The van der Waals surface area contributed by atoms with Gasteiger partial charge in [0.05, 0.1) is 28.3 Å². The Kier molecular flexibility index (Phi) is 8.01. The van der Waals surface area contributed by atoms with E-state index >= 15 is 0 Å². The number of hydrogen-bond acceptors (Lipinski definition) is 5. The molecule has 5 rings (SSSR count). The number of hydrogen-bond donors (Lipinski definition) is 3. The van der Waals surface area contributed by atoms with Crippen molar-refractivity contribution in [3.8, 4) is 11.5 Å². The fourth-order valence-corrected chi connectivity index (χ4v) is 5.37. The summed E-state index contributed by atoms with van der Waals surface area (Å²) in [4.78, 5) is 51.8. The summed E-state index contributed by atoms with van der Waals surface area (Å²) in [7, 11) is 0. The number of carbonyl (C=O) groups is 4. The number of fused-ring (bicyclic) bond motifs is 1. The van der Waals surface area contributed by atoms with Crippen molar-refractivity contribution in [2.24, 2.45) is 0 Å². The van der Waals surface area contributed by atoms with E-state index in [9.17, 15) is 34.5 Å². The second-order valence-corrected chi connectivity index (χ2v) is 9.96. The first-order chi connectivity index (χ1) is 20.2. The SMILES string of the molecule is O=C(O)c1cc(C(=O)O)c(C(=O)N(Cc2cccc(Oc3ccccc3)c2)[C@@H]2CCCc3ccccc32)cc1C(=O)O. The van der Waals surface area contributed by atoms with Crippen LogP contribution in [0.2, 0.25) is 0 Å². The first-order valence-corrected chi connectivity index (χ1v) is 13.3. The Morgan fingerprint density at radius 2 is 1.29 bits per heavy atom. The zero-order valence-electron chi connectivity index (χ0n) is 22.4. The molecule has 0 saturated heterocycles. The van der Waals surface area contributed by atoms with Crippen LogP contribution in [0.3, 0.4) is 0 Å². The minimum absolute atomic E-state index is 0.0615. The second kappa shape index (κ2) is 12.0. The summed E-state index contributed by atoms with van der Waals surface area (Å²) in [5.41, 5.74) is 0.333. The van der Waals surface area contributed by atoms with Gasteiger partial charge in [-0.1, -0.05) is 54.6 Å². The Bertz CT molecular complexity index is 1680. The number of carboxylic acid groups (broad SMARTS) is 3. The number of ether oxygens (including phenoxy) is 1. The molecule has 1 amide bonds. The Labute approximate surface area is 241 Å². The van der Waals surface area contributed by atoms with E-state index < -0.39 is 52.1 Å². The van der Waals surface area contributed by atoms with Crippen LogP contribution in [0, 0.1) is 0 Å². The van der Waals surface area contributed by atoms with E-state index in [1.165, 1.54) is 4.90 Å². The molecule has 0 spiro atoms. The molecular weight excluding hydrogens is 538 g/mol. The van der Waals surface area contributed by atoms with Crippen molar-refractivity contribution in [1.82, 2.24) is 4.90 Å². The van der Waals surface area contributed by atoms with Crippen molar-refractivity contribution in [1.29, 1.82) is 0 Å². The van der Waals surface area contributed by atoms with Gasteiger partial charge in [0.1, 0.15) is 11.5 Å². The summed E-state index contributed by atoms with van der Waals surface area (Å²) in [6.45, 7) is 0.0615. The molecule has 0 saturated carbocycles. The standard InChI is InChI=1S/C33H27NO8/c35-30(25-17-27(32(38)39)28(33(40)41)18-26(25)31(36)37)34(29-15-7-10-21-9-4-5-14-24(21)29)19-20-8-6-13-23(16-20)42-22-11-2-1-3-12-22/h1-6,8-9,11-14,16-18,29H,7,10,15,19H2,(H,36,37)(H,38,39)(H,40,41)/t29-/m1/s1. The minimum Gasteiger partial charge on any atom is -0.478 e. The third-order valence-corrected chi connectivity index (χ3v) is 7.28. The molecule has 42 heavy (non-hydrogen) atoms. The molecule has 9 nitrogen and oxygen atoms in total. The lowest BCUT2D eigenvalue weighted by atomic mass is 9.86. The predicted molar refractivity (Wildman–Crippen MR) is 152 cm³/mol. The zero-order chi connectivity index (χ0) is 29.8. The van der Waals surface area contributed by atoms with E-state index in [0.717, 1.165) is 36.1 Å². The summed E-state index contributed by atoms with van der Waals surface area (Å²) < 4.78 is 5.97. The number of benzene rings is 4. The minimum atomic E-state index is -1.61. The van der Waals surface area contributed by atoms with Gasteiger partial charge in [0, 0.05) is 6.54 Å². The number of amides is 1. The van der Waals surface area contributed by atoms with Crippen LogP contribution in [0.25, 0.3) is 0 Å². The highest BCUT2D eigenvalue weighted by molar-refractivity contribution is 6.10. The number of carbonyl (C=O) groups excluding carboxylic acids is 1. The van der Waals surface area contributed by atoms with Crippen LogP contribution < -0.4 is 4.74 Å². The van der Waals surface area contributed by atoms with Crippen molar-refractivity contribution >= 4 is 23.8 Å². The van der Waals surface area contributed by atoms with Gasteiger partial charge >= 0.3 is 17.9 Å². The molecule has 212 valence electrons. The maximum atomic E-state index is 14.3. The topological polar surface area (TPSA) is 141 Å². The largest absolute Gasteiger partial charge is 0.478 e. The maximum Gasteiger partial charge on any atom is 0.336 e. The molecule has 9 heteroatoms. The first-order valence-electron chi connectivity index (χ1n) is 13.3. The highest BCUT2D eigenvalue weighted by Crippen LogP contribution is 2.37. The van der Waals surface area contributed by atoms with Crippen LogP contribution in [0.15, 0.2) is 91.0 Å². The molecule has 1 aliphatic rings. The zero-order valence-corrected chi connectivity index (χ0v) is 22.4. The van der Waals surface area contributed by atoms with Gasteiger partial charge in [0.25, 0.3) is 5.91 Å². The number of rotatable bonds is 9. The molecule has 0 fully saturated rings. The van der Waals surface area contributed by atoms with Crippen LogP contribution >= 0.6 is 0 Å². The van der Waals surface area contributed by atoms with Crippen LogP contribution in [0.1, 0.15) is 77.0 Å². The van der Waals surface area contributed by atoms with E-state index in [1.807, 2.05) is 60.7 Å². The summed E-state index contributed by atoms with van der Waals surface area (Å²) >= 11 is 0. The highest BCUT2D eigenvalue weighted by Gasteiger charge is 2.33. The van der Waals surface area contributed by atoms with E-state index in [2.05, 4.69) is 0 Å². The third kappa shape index (κ3) is 5.85. The van der Waals surface area contributed by atoms with Crippen molar-refractivity contribution in [2.45, 2.75) is 31.8 Å². The molecule has 0 radical (unpaired) electrons. The molecule has 0 bridgehead atoms. The van der Waals surface area contributed by atoms with Gasteiger partial charge in [-0.25, -0.2) is 14.4 Å². The Morgan fingerprint density at radius 1 is 0.690 bits per heavy atom. The van der Waals surface area contributed by atoms with E-state index in [-0.39, 0.29) is 6.54 Å². The number of aromatic carboxylic acids is 3. The molecule has 3 N–H and O–H groups in total. The molecule has 1 atom stereocenters. The lowest BCUT2D eigenvalue weighted by Crippen LogP contribution is -2.37. The normalized spacial score (nSPS) is 14.0. The number of nitrogens with zero attached hydrogens (tertiary/aromatic N) is 1. The van der Waals surface area contributed by atoms with Gasteiger partial charge in [-0.05, 0) is 72.4 Å². The summed E-state index contributed by atoms with van der Waals surface area (Å²) in [6.07, 6.45) is 2.21. The molecule has 0 aromatic heterocycles. The van der Waals surface area contributed by atoms with Gasteiger partial charge in [-0.2, -0.15) is 0 Å². The Morgan fingerprint density at radius 3 is 1.98 bits per heavy atom. The highest BCUT2D eigenvalue weighted by atomic mass is 16.5. The van der Waals surface area contributed by atoms with Crippen molar-refractivity contribution < 1.29 is 39.2 Å². The van der Waals surface area contributed by atoms with Crippen LogP contribution in [0.5, 0.6) is 11.5 Å². The van der Waals surface area contributed by atoms with Crippen LogP contribution in [0.4, 0.5) is 0 Å². The number of aryl methyl sites for hydroxylation is 1. The second-order valence-electron chi connectivity index (χ2n) is 9.96. The van der Waals surface area contributed by atoms with Gasteiger partial charge in [-0.15, -0.1) is 0 Å². The molecule has 4 aromatic carbocycles. The monoisotopic (exact) mass is 565 g/mol. The van der Waals surface area contributed by atoms with Crippen molar-refractivity contribution in [3.05, 3.63) is 130 Å². The molecule has 0 aliphatic heterocycles. The first kappa shape index (κ1) is 28.1. The van der Waals surface area contributed by atoms with Gasteiger partial charge in [0.15, 0.2) is 0 Å². The van der Waals surface area contributed by atoms with Gasteiger partial charge in [0.2, 0.25) is 0 Å². The summed E-state index contributed by atoms with van der Waals surface area (Å²) in [5.74, 6) is -4.28. The third-order valence-electron chi connectivity index (χ3n) is 7.28. The molecule has 0 unspecified atom stereocenters. The number of para-hydroxylation sites is 1. The fraction of sp³-hybridized carbons (Fsp3) is 0.152. The van der Waals surface area contributed by atoms with E-state index in [1.54, 1.807) is 18.2 Å². The molecule has 4 aromatic rings. The van der Waals surface area contributed by atoms with Crippen LogP contribution in [-0.4, -0.2) is 44.0 Å². The van der Waals surface area contributed by atoms with E-state index in [0.29, 0.717) is 23.5 Å². The Balaban J connectivity index is 1.60. The average Bonchev–Trinajstić information content (AvgIpc) is 2.99. The number of carboxylic acids is 3. The average molecular weight is 566 g/mol. The molecular formula is C33H27NO8. The summed E-state index contributed by atoms with van der Waals surface area (Å²) in [5, 5.41) is 29.2. The lowest BCUT2D eigenvalue weighted by Gasteiger charge is -2.36. The van der Waals surface area contributed by atoms with Crippen molar-refractivity contribution in [3.63, 3.8) is 0 Å².